The molecule has 8 rings (SSSR count). The first kappa shape index (κ1) is 28.9. The Morgan fingerprint density at radius 3 is 1.18 bits per heavy atom. The Bertz CT molecular complexity index is 1410. The van der Waals surface area contributed by atoms with Gasteiger partial charge >= 0.3 is 0 Å². The minimum absolute atomic E-state index is 0.260. The first-order valence-electron chi connectivity index (χ1n) is 14.6. The molecule has 0 amide bonds. The van der Waals surface area contributed by atoms with Crippen molar-refractivity contribution in [2.45, 2.75) is 75.0 Å². The van der Waals surface area contributed by atoms with E-state index in [0.717, 1.165) is 0 Å². The molecule has 0 bridgehead atoms. The zero-order valence-electron chi connectivity index (χ0n) is 22.7. The maximum Gasteiger partial charge on any atom is 0.0216 e. The highest BCUT2D eigenvalue weighted by Crippen LogP contribution is 2.57. The molecule has 4 aliphatic carbocycles. The van der Waals surface area contributed by atoms with E-state index < -0.39 is 0 Å². The summed E-state index contributed by atoms with van der Waals surface area (Å²) in [5.41, 5.74) is 12.7. The molecule has 0 unspecified atom stereocenters. The average Bonchev–Trinajstić information content (AvgIpc) is 3.42. The maximum absolute atomic E-state index is 3.66. The molecule has 2 fully saturated rings. The third-order valence-corrected chi connectivity index (χ3v) is 10.9. The molecule has 0 nitrogen and oxygen atoms in total. The zero-order valence-corrected chi connectivity index (χ0v) is 29.0. The van der Waals surface area contributed by atoms with Crippen molar-refractivity contribution in [1.82, 2.24) is 0 Å². The van der Waals surface area contributed by atoms with Crippen LogP contribution in [0.3, 0.4) is 0 Å². The van der Waals surface area contributed by atoms with Crippen LogP contribution >= 0.6 is 60.1 Å². The van der Waals surface area contributed by atoms with Crippen molar-refractivity contribution in [1.29, 1.82) is 0 Å². The quantitative estimate of drug-likeness (QED) is 0.167. The molecular formula is C36H34Br4. The Balaban J connectivity index is 0.000000137. The highest BCUT2D eigenvalue weighted by molar-refractivity contribution is 9.93. The number of rotatable bonds is 0. The van der Waals surface area contributed by atoms with E-state index in [1.165, 1.54) is 95.4 Å². The van der Waals surface area contributed by atoms with Gasteiger partial charge in [-0.25, -0.2) is 0 Å². The van der Waals surface area contributed by atoms with Crippen molar-refractivity contribution in [2.24, 2.45) is 0 Å². The maximum atomic E-state index is 3.66. The number of fused-ring (bicyclic) bond motifs is 10. The summed E-state index contributed by atoms with van der Waals surface area (Å²) in [5, 5.41) is 0. The fourth-order valence-electron chi connectivity index (χ4n) is 8.24. The molecule has 40 heavy (non-hydrogen) atoms. The minimum Gasteiger partial charge on any atom is -0.0619 e. The molecule has 0 heterocycles. The molecule has 0 N–H and O–H groups in total. The molecule has 4 heteroatoms. The van der Waals surface area contributed by atoms with Gasteiger partial charge in [0.2, 0.25) is 0 Å². The van der Waals surface area contributed by atoms with Crippen molar-refractivity contribution >= 4 is 60.1 Å². The summed E-state index contributed by atoms with van der Waals surface area (Å²) in [6.45, 7) is 0. The molecule has 2 saturated carbocycles. The van der Waals surface area contributed by atoms with Crippen LogP contribution in [0.4, 0.5) is 0 Å². The molecule has 0 aromatic heterocycles. The second kappa shape index (κ2) is 12.2. The standard InChI is InChI=1S/C18H16Br2.C18H18.Br2/c19-12-4-6-14-15-7-5-13(20)11-17(15)18(16(14)10-12)8-2-1-3-9-18;1-6-12-18(13-7-1)16-10-4-2-8-14(16)15-9-3-5-11-17(15)18;1-2/h4-7,10-11H,1-3,8-9H2;2-5,8-11H,1,6-7,12-13H2;. The van der Waals surface area contributed by atoms with Crippen LogP contribution < -0.4 is 0 Å². The van der Waals surface area contributed by atoms with Gasteiger partial charge in [-0.3, -0.25) is 0 Å². The third kappa shape index (κ3) is 4.83. The SMILES string of the molecule is BrBr.Brc1ccc2c(c1)C1(CCCCC1)c1cc(Br)ccc1-2.c1ccc2c(c1)-c1ccccc1C21CCCCC1. The van der Waals surface area contributed by atoms with Gasteiger partial charge in [0.05, 0.1) is 0 Å². The van der Waals surface area contributed by atoms with Crippen molar-refractivity contribution in [2.75, 3.05) is 0 Å². The van der Waals surface area contributed by atoms with Gasteiger partial charge < -0.3 is 0 Å². The van der Waals surface area contributed by atoms with Crippen LogP contribution in [0.5, 0.6) is 0 Å². The lowest BCUT2D eigenvalue weighted by atomic mass is 9.68. The molecule has 0 radical (unpaired) electrons. The summed E-state index contributed by atoms with van der Waals surface area (Å²) in [4.78, 5) is 0. The fourth-order valence-corrected chi connectivity index (χ4v) is 8.97. The van der Waals surface area contributed by atoms with Crippen molar-refractivity contribution < 1.29 is 0 Å². The molecule has 4 aromatic carbocycles. The monoisotopic (exact) mass is 782 g/mol. The van der Waals surface area contributed by atoms with Gasteiger partial charge in [-0.1, -0.05) is 131 Å². The van der Waals surface area contributed by atoms with E-state index in [1.807, 2.05) is 0 Å². The van der Waals surface area contributed by atoms with E-state index in [2.05, 4.69) is 145 Å². The van der Waals surface area contributed by atoms with E-state index in [-0.39, 0.29) is 5.41 Å². The molecule has 0 atom stereocenters. The minimum atomic E-state index is 0.260. The smallest absolute Gasteiger partial charge is 0.0216 e. The predicted molar refractivity (Wildman–Crippen MR) is 185 cm³/mol. The molecule has 0 saturated heterocycles. The van der Waals surface area contributed by atoms with Crippen LogP contribution in [0.15, 0.2) is 93.9 Å². The average molecular weight is 786 g/mol. The summed E-state index contributed by atoms with van der Waals surface area (Å²) in [7, 11) is 0. The van der Waals surface area contributed by atoms with Crippen LogP contribution in [0.2, 0.25) is 0 Å². The second-order valence-electron chi connectivity index (χ2n) is 11.8. The first-order chi connectivity index (χ1) is 19.6. The predicted octanol–water partition coefficient (Wildman–Crippen LogP) is 13.1. The van der Waals surface area contributed by atoms with Gasteiger partial charge in [0.1, 0.15) is 0 Å². The molecule has 2 spiro atoms. The first-order valence-corrected chi connectivity index (χ1v) is 19.9. The molecule has 0 aliphatic heterocycles. The third-order valence-electron chi connectivity index (χ3n) is 9.87. The van der Waals surface area contributed by atoms with Gasteiger partial charge in [-0.05, 0) is 94.5 Å². The summed E-state index contributed by atoms with van der Waals surface area (Å²) >= 11 is 12.8. The number of halogens is 4. The van der Waals surface area contributed by atoms with Crippen molar-refractivity contribution in [3.8, 4) is 22.3 Å². The van der Waals surface area contributed by atoms with Crippen LogP contribution in [0, 0.1) is 0 Å². The topological polar surface area (TPSA) is 0 Å². The lowest BCUT2D eigenvalue weighted by Crippen LogP contribution is -2.28. The fraction of sp³-hybridized carbons (Fsp3) is 0.333. The van der Waals surface area contributed by atoms with Gasteiger partial charge in [-0.15, -0.1) is 0 Å². The molecule has 206 valence electrons. The Labute approximate surface area is 271 Å². The van der Waals surface area contributed by atoms with E-state index in [0.29, 0.717) is 5.41 Å². The van der Waals surface area contributed by atoms with Gasteiger partial charge in [0, 0.05) is 48.0 Å². The van der Waals surface area contributed by atoms with Crippen LogP contribution in [-0.2, 0) is 10.8 Å². The molecular weight excluding hydrogens is 752 g/mol. The van der Waals surface area contributed by atoms with Crippen molar-refractivity contribution in [3.05, 3.63) is 116 Å². The summed E-state index contributed by atoms with van der Waals surface area (Å²) in [5.74, 6) is 0. The number of hydrogen-bond acceptors (Lipinski definition) is 0. The Morgan fingerprint density at radius 1 is 0.400 bits per heavy atom. The van der Waals surface area contributed by atoms with E-state index in [9.17, 15) is 0 Å². The lowest BCUT2D eigenvalue weighted by Gasteiger charge is -2.36. The summed E-state index contributed by atoms with van der Waals surface area (Å²) in [6, 6.07) is 31.7. The van der Waals surface area contributed by atoms with E-state index >= 15 is 0 Å². The summed E-state index contributed by atoms with van der Waals surface area (Å²) < 4.78 is 2.40. The largest absolute Gasteiger partial charge is 0.0619 e. The highest BCUT2D eigenvalue weighted by Gasteiger charge is 2.44. The Hall–Kier alpha value is -1.20. The van der Waals surface area contributed by atoms with Crippen LogP contribution in [0.1, 0.15) is 86.5 Å². The Morgan fingerprint density at radius 2 is 0.750 bits per heavy atom. The highest BCUT2D eigenvalue weighted by atomic mass is 80.9. The lowest BCUT2D eigenvalue weighted by molar-refractivity contribution is 0.352. The van der Waals surface area contributed by atoms with E-state index in [4.69, 9.17) is 0 Å². The number of hydrogen-bond donors (Lipinski definition) is 0. The van der Waals surface area contributed by atoms with Gasteiger partial charge in [0.15, 0.2) is 0 Å². The van der Waals surface area contributed by atoms with E-state index in [1.54, 1.807) is 22.3 Å². The number of benzene rings is 4. The van der Waals surface area contributed by atoms with Gasteiger partial charge in [-0.2, -0.15) is 0 Å². The second-order valence-corrected chi connectivity index (χ2v) is 13.6. The Kier molecular flexibility index (Phi) is 8.81. The van der Waals surface area contributed by atoms with Crippen LogP contribution in [0.25, 0.3) is 22.3 Å². The van der Waals surface area contributed by atoms with Crippen molar-refractivity contribution in [3.63, 3.8) is 0 Å². The van der Waals surface area contributed by atoms with Gasteiger partial charge in [0.25, 0.3) is 0 Å². The molecule has 4 aromatic rings. The normalized spacial score (nSPS) is 18.4. The molecule has 4 aliphatic rings. The summed E-state index contributed by atoms with van der Waals surface area (Å²) in [6.07, 6.45) is 13.5. The zero-order chi connectivity index (χ0) is 27.7. The van der Waals surface area contributed by atoms with Crippen LogP contribution in [-0.4, -0.2) is 0 Å².